The molecule has 0 fully saturated rings. The Morgan fingerprint density at radius 2 is 1.96 bits per heavy atom. The van der Waals surface area contributed by atoms with Gasteiger partial charge in [-0.3, -0.25) is 4.98 Å². The number of nitrogens with zero attached hydrogens (tertiary/aromatic N) is 3. The molecular weight excluding hydrogens is 304 g/mol. The zero-order valence-corrected chi connectivity index (χ0v) is 12.4. The number of hydrogen-bond acceptors (Lipinski definition) is 3. The normalized spacial score (nSPS) is 11.8. The van der Waals surface area contributed by atoms with Gasteiger partial charge >= 0.3 is 5.97 Å². The highest BCUT2D eigenvalue weighted by Gasteiger charge is 2.34. The van der Waals surface area contributed by atoms with Crippen molar-refractivity contribution in [2.45, 2.75) is 19.4 Å². The second kappa shape index (κ2) is 5.12. The Balaban J connectivity index is 2.42. The zero-order chi connectivity index (χ0) is 16.8. The lowest BCUT2D eigenvalue weighted by Gasteiger charge is -2.24. The first-order valence-electron chi connectivity index (χ1n) is 6.84. The van der Waals surface area contributed by atoms with Crippen LogP contribution < -0.4 is 0 Å². The second-order valence-electron chi connectivity index (χ2n) is 5.63. The fraction of sp³-hybridized carbons (Fsp3) is 0.188. The van der Waals surface area contributed by atoms with Crippen molar-refractivity contribution in [3.05, 3.63) is 48.3 Å². The van der Waals surface area contributed by atoms with Crippen molar-refractivity contribution >= 4 is 17.0 Å². The summed E-state index contributed by atoms with van der Waals surface area (Å²) in [5, 5.41) is 9.54. The highest BCUT2D eigenvalue weighted by molar-refractivity contribution is 5.86. The van der Waals surface area contributed by atoms with Gasteiger partial charge in [0.2, 0.25) is 0 Å². The molecule has 0 atom stereocenters. The number of carbonyl (C=O) groups is 1. The summed E-state index contributed by atoms with van der Waals surface area (Å²) < 4.78 is 28.5. The number of aliphatic carboxylic acids is 1. The van der Waals surface area contributed by atoms with Crippen LogP contribution in [0.25, 0.3) is 22.4 Å². The second-order valence-corrected chi connectivity index (χ2v) is 5.63. The van der Waals surface area contributed by atoms with Gasteiger partial charge in [0.25, 0.3) is 0 Å². The van der Waals surface area contributed by atoms with E-state index in [2.05, 4.69) is 9.97 Å². The lowest BCUT2D eigenvalue weighted by atomic mass is 10.0. The molecule has 0 saturated heterocycles. The summed E-state index contributed by atoms with van der Waals surface area (Å²) in [6, 6.07) is 5.30. The van der Waals surface area contributed by atoms with E-state index in [1.165, 1.54) is 24.6 Å². The molecule has 5 nitrogen and oxygen atoms in total. The molecule has 0 spiro atoms. The van der Waals surface area contributed by atoms with E-state index >= 15 is 0 Å². The first kappa shape index (κ1) is 15.1. The van der Waals surface area contributed by atoms with Crippen LogP contribution in [-0.2, 0) is 10.3 Å². The van der Waals surface area contributed by atoms with Gasteiger partial charge in [0.1, 0.15) is 11.4 Å². The van der Waals surface area contributed by atoms with Crippen molar-refractivity contribution in [1.82, 2.24) is 14.5 Å². The first-order valence-corrected chi connectivity index (χ1v) is 6.84. The van der Waals surface area contributed by atoms with Crippen molar-refractivity contribution in [1.29, 1.82) is 0 Å². The van der Waals surface area contributed by atoms with Crippen LogP contribution >= 0.6 is 0 Å². The molecule has 0 bridgehead atoms. The fourth-order valence-corrected chi connectivity index (χ4v) is 2.42. The van der Waals surface area contributed by atoms with Gasteiger partial charge in [-0.1, -0.05) is 0 Å². The zero-order valence-electron chi connectivity index (χ0n) is 12.4. The minimum Gasteiger partial charge on any atom is -0.480 e. The Labute approximate surface area is 130 Å². The average Bonchev–Trinajstić information content (AvgIpc) is 2.87. The molecule has 1 aromatic carbocycles. The molecule has 3 aromatic rings. The number of pyridine rings is 1. The molecule has 23 heavy (non-hydrogen) atoms. The van der Waals surface area contributed by atoms with Crippen LogP contribution in [0.3, 0.4) is 0 Å². The number of rotatable bonds is 3. The van der Waals surface area contributed by atoms with Crippen LogP contribution in [-0.4, -0.2) is 25.6 Å². The maximum atomic E-state index is 13.7. The monoisotopic (exact) mass is 317 g/mol. The van der Waals surface area contributed by atoms with E-state index in [-0.39, 0.29) is 16.9 Å². The lowest BCUT2D eigenvalue weighted by Crippen LogP contribution is -2.36. The molecule has 0 aliphatic rings. The molecule has 0 unspecified atom stereocenters. The molecule has 0 amide bonds. The van der Waals surface area contributed by atoms with Crippen LogP contribution in [0.15, 0.2) is 36.7 Å². The molecule has 1 N–H and O–H groups in total. The molecular formula is C16H13F2N3O2. The Morgan fingerprint density at radius 1 is 1.26 bits per heavy atom. The fourth-order valence-electron chi connectivity index (χ4n) is 2.42. The third-order valence-corrected chi connectivity index (χ3v) is 3.70. The molecule has 0 saturated carbocycles. The van der Waals surface area contributed by atoms with Crippen molar-refractivity contribution in [3.63, 3.8) is 0 Å². The van der Waals surface area contributed by atoms with Crippen LogP contribution in [0.2, 0.25) is 0 Å². The van der Waals surface area contributed by atoms with Gasteiger partial charge in [-0.25, -0.2) is 18.6 Å². The number of carboxylic acid groups (broad SMARTS) is 1. The molecule has 7 heteroatoms. The van der Waals surface area contributed by atoms with Gasteiger partial charge in [-0.2, -0.15) is 0 Å². The number of halogens is 2. The number of benzene rings is 1. The van der Waals surface area contributed by atoms with Crippen molar-refractivity contribution in [2.24, 2.45) is 0 Å². The Bertz CT molecular complexity index is 905. The SMILES string of the molecule is CC(C)(C(=O)O)n1c(-c2cccnc2)nc2cc(F)c(F)cc21. The predicted octanol–water partition coefficient (Wildman–Crippen LogP) is 3.20. The van der Waals surface area contributed by atoms with Gasteiger partial charge in [-0.15, -0.1) is 0 Å². The third-order valence-electron chi connectivity index (χ3n) is 3.70. The number of hydrogen-bond donors (Lipinski definition) is 1. The van der Waals surface area contributed by atoms with Gasteiger partial charge in [0.05, 0.1) is 11.0 Å². The van der Waals surface area contributed by atoms with Gasteiger partial charge in [0, 0.05) is 30.1 Å². The Kier molecular flexibility index (Phi) is 3.35. The number of imidazole rings is 1. The number of carboxylic acids is 1. The molecule has 2 heterocycles. The van der Waals surface area contributed by atoms with Crippen molar-refractivity contribution in [2.75, 3.05) is 0 Å². The minimum atomic E-state index is -1.41. The molecule has 0 aliphatic carbocycles. The third kappa shape index (κ3) is 2.34. The maximum absolute atomic E-state index is 13.7. The van der Waals surface area contributed by atoms with E-state index in [4.69, 9.17) is 0 Å². The van der Waals surface area contributed by atoms with Crippen LogP contribution in [0, 0.1) is 11.6 Å². The van der Waals surface area contributed by atoms with Crippen LogP contribution in [0.5, 0.6) is 0 Å². The topological polar surface area (TPSA) is 68.0 Å². The molecule has 0 radical (unpaired) electrons. The van der Waals surface area contributed by atoms with Crippen molar-refractivity contribution in [3.8, 4) is 11.4 Å². The Morgan fingerprint density at radius 3 is 2.57 bits per heavy atom. The minimum absolute atomic E-state index is 0.178. The van der Waals surface area contributed by atoms with Gasteiger partial charge < -0.3 is 9.67 Å². The highest BCUT2D eigenvalue weighted by Crippen LogP contribution is 2.32. The summed E-state index contributed by atoms with van der Waals surface area (Å²) in [4.78, 5) is 19.9. The van der Waals surface area contributed by atoms with Crippen LogP contribution in [0.1, 0.15) is 13.8 Å². The van der Waals surface area contributed by atoms with E-state index in [0.29, 0.717) is 5.56 Å². The smallest absolute Gasteiger partial charge is 0.329 e. The summed E-state index contributed by atoms with van der Waals surface area (Å²) in [5.41, 5.74) is -0.476. The highest BCUT2D eigenvalue weighted by atomic mass is 19.2. The summed E-state index contributed by atoms with van der Waals surface area (Å²) in [6.45, 7) is 2.94. The van der Waals surface area contributed by atoms with E-state index < -0.39 is 23.1 Å². The average molecular weight is 317 g/mol. The molecule has 0 aliphatic heterocycles. The standard InChI is InChI=1S/C16H13F2N3O2/c1-16(2,15(22)23)21-13-7-11(18)10(17)6-12(13)20-14(21)9-4-3-5-19-8-9/h3-8H,1-2H3,(H,22,23). The Hall–Kier alpha value is -2.83. The summed E-state index contributed by atoms with van der Waals surface area (Å²) in [5.74, 6) is -2.93. The van der Waals surface area contributed by atoms with Gasteiger partial charge in [0.15, 0.2) is 11.6 Å². The predicted molar refractivity (Wildman–Crippen MR) is 79.8 cm³/mol. The van der Waals surface area contributed by atoms with Gasteiger partial charge in [-0.05, 0) is 26.0 Å². The van der Waals surface area contributed by atoms with Crippen molar-refractivity contribution < 1.29 is 18.7 Å². The summed E-state index contributed by atoms with van der Waals surface area (Å²) in [6.07, 6.45) is 3.08. The summed E-state index contributed by atoms with van der Waals surface area (Å²) in [7, 11) is 0. The summed E-state index contributed by atoms with van der Waals surface area (Å²) >= 11 is 0. The first-order chi connectivity index (χ1) is 10.8. The number of aromatic nitrogens is 3. The molecule has 118 valence electrons. The van der Waals surface area contributed by atoms with E-state index in [0.717, 1.165) is 12.1 Å². The van der Waals surface area contributed by atoms with Crippen LogP contribution in [0.4, 0.5) is 8.78 Å². The van der Waals surface area contributed by atoms with E-state index in [1.54, 1.807) is 18.3 Å². The van der Waals surface area contributed by atoms with E-state index in [1.807, 2.05) is 0 Å². The molecule has 2 aromatic heterocycles. The quantitative estimate of drug-likeness (QED) is 0.805. The molecule has 3 rings (SSSR count). The number of fused-ring (bicyclic) bond motifs is 1. The largest absolute Gasteiger partial charge is 0.480 e. The van der Waals surface area contributed by atoms with E-state index in [9.17, 15) is 18.7 Å². The maximum Gasteiger partial charge on any atom is 0.329 e. The lowest BCUT2D eigenvalue weighted by molar-refractivity contribution is -0.145.